The van der Waals surface area contributed by atoms with Crippen molar-refractivity contribution in [3.63, 3.8) is 0 Å². The number of carbonyl (C=O) groups is 2. The summed E-state index contributed by atoms with van der Waals surface area (Å²) in [6.45, 7) is 0. The van der Waals surface area contributed by atoms with Crippen molar-refractivity contribution in [1.82, 2.24) is 5.32 Å². The minimum absolute atomic E-state index is 0.147. The van der Waals surface area contributed by atoms with Gasteiger partial charge in [0.2, 0.25) is 11.8 Å². The quantitative estimate of drug-likeness (QED) is 0.466. The first-order chi connectivity index (χ1) is 15.6. The van der Waals surface area contributed by atoms with Crippen LogP contribution in [0.3, 0.4) is 0 Å². The van der Waals surface area contributed by atoms with Gasteiger partial charge in [0.05, 0.1) is 6.42 Å². The number of anilines is 1. The molecular formula is C28H26N2O2. The van der Waals surface area contributed by atoms with E-state index in [-0.39, 0.29) is 18.2 Å². The van der Waals surface area contributed by atoms with Gasteiger partial charge in [0.25, 0.3) is 0 Å². The van der Waals surface area contributed by atoms with Crippen molar-refractivity contribution in [2.24, 2.45) is 0 Å². The Morgan fingerprint density at radius 2 is 1.41 bits per heavy atom. The number of carbonyl (C=O) groups excluding carboxylic acids is 2. The van der Waals surface area contributed by atoms with Gasteiger partial charge in [-0.25, -0.2) is 0 Å². The lowest BCUT2D eigenvalue weighted by molar-refractivity contribution is -0.127. The molecule has 0 unspecified atom stereocenters. The van der Waals surface area contributed by atoms with E-state index >= 15 is 0 Å². The summed E-state index contributed by atoms with van der Waals surface area (Å²) in [6.07, 6.45) is 0.646. The van der Waals surface area contributed by atoms with Crippen molar-refractivity contribution >= 4 is 28.3 Å². The smallest absolute Gasteiger partial charge is 0.249 e. The topological polar surface area (TPSA) is 49.4 Å². The van der Waals surface area contributed by atoms with Gasteiger partial charge in [-0.1, -0.05) is 91.0 Å². The Balaban J connectivity index is 1.55. The molecule has 0 aliphatic rings. The Kier molecular flexibility index (Phi) is 6.61. The average Bonchev–Trinajstić information content (AvgIpc) is 2.84. The normalized spacial score (nSPS) is 11.7. The molecule has 4 aromatic carbocycles. The fraction of sp³-hybridized carbons (Fsp3) is 0.143. The average molecular weight is 423 g/mol. The summed E-state index contributed by atoms with van der Waals surface area (Å²) < 4.78 is 0. The molecule has 2 amide bonds. The van der Waals surface area contributed by atoms with E-state index < -0.39 is 6.04 Å². The molecule has 0 aliphatic carbocycles. The summed E-state index contributed by atoms with van der Waals surface area (Å²) in [5.41, 5.74) is 2.74. The summed E-state index contributed by atoms with van der Waals surface area (Å²) in [5, 5.41) is 5.15. The molecule has 4 aromatic rings. The van der Waals surface area contributed by atoms with Crippen molar-refractivity contribution in [1.29, 1.82) is 0 Å². The van der Waals surface area contributed by atoms with Crippen LogP contribution in [0.25, 0.3) is 10.8 Å². The Bertz CT molecular complexity index is 1200. The molecule has 4 heteroatoms. The maximum Gasteiger partial charge on any atom is 0.249 e. The number of rotatable bonds is 7. The third kappa shape index (κ3) is 5.03. The summed E-state index contributed by atoms with van der Waals surface area (Å²) in [5.74, 6) is -0.316. The number of amides is 2. The van der Waals surface area contributed by atoms with Crippen LogP contribution in [0.15, 0.2) is 103 Å². The van der Waals surface area contributed by atoms with E-state index in [4.69, 9.17) is 0 Å². The number of para-hydroxylation sites is 1. The number of nitrogens with one attached hydrogen (secondary N) is 1. The molecule has 0 saturated carbocycles. The zero-order valence-electron chi connectivity index (χ0n) is 18.1. The molecule has 0 spiro atoms. The van der Waals surface area contributed by atoms with Crippen LogP contribution in [0.5, 0.6) is 0 Å². The largest absolute Gasteiger partial charge is 0.344 e. The Hall–Kier alpha value is -3.92. The van der Waals surface area contributed by atoms with Gasteiger partial charge in [-0.05, 0) is 34.0 Å². The third-order valence-corrected chi connectivity index (χ3v) is 5.62. The molecule has 4 nitrogen and oxygen atoms in total. The highest BCUT2D eigenvalue weighted by Gasteiger charge is 2.25. The lowest BCUT2D eigenvalue weighted by atomic mass is 10.0. The van der Waals surface area contributed by atoms with Crippen molar-refractivity contribution in [2.45, 2.75) is 18.9 Å². The van der Waals surface area contributed by atoms with Crippen molar-refractivity contribution in [3.05, 3.63) is 114 Å². The fourth-order valence-electron chi connectivity index (χ4n) is 3.93. The van der Waals surface area contributed by atoms with Crippen molar-refractivity contribution in [3.8, 4) is 0 Å². The SMILES string of the molecule is CN(C(=O)[C@H](Cc1ccccc1)NC(=O)Cc1cccc2ccccc12)c1ccccc1. The predicted octanol–water partition coefficient (Wildman–Crippen LogP) is 4.77. The highest BCUT2D eigenvalue weighted by molar-refractivity contribution is 5.99. The van der Waals surface area contributed by atoms with Gasteiger partial charge in [0.1, 0.15) is 6.04 Å². The molecule has 1 N–H and O–H groups in total. The fourth-order valence-corrected chi connectivity index (χ4v) is 3.93. The first kappa shape index (κ1) is 21.3. The zero-order chi connectivity index (χ0) is 22.3. The Morgan fingerprint density at radius 3 is 2.16 bits per heavy atom. The van der Waals surface area contributed by atoms with Crippen LogP contribution in [0.4, 0.5) is 5.69 Å². The molecular weight excluding hydrogens is 396 g/mol. The number of benzene rings is 4. The van der Waals surface area contributed by atoms with Gasteiger partial charge in [0.15, 0.2) is 0 Å². The monoisotopic (exact) mass is 422 g/mol. The standard InChI is InChI=1S/C28H26N2O2/c1-30(24-16-6-3-7-17-24)28(32)26(19-21-11-4-2-5-12-21)29-27(31)20-23-15-10-14-22-13-8-9-18-25(22)23/h2-18,26H,19-20H2,1H3,(H,29,31)/t26-/m0/s1. The first-order valence-electron chi connectivity index (χ1n) is 10.7. The molecule has 0 heterocycles. The maximum absolute atomic E-state index is 13.4. The van der Waals surface area contributed by atoms with E-state index in [2.05, 4.69) is 5.32 Å². The molecule has 0 aliphatic heterocycles. The molecule has 4 rings (SSSR count). The number of fused-ring (bicyclic) bond motifs is 1. The molecule has 0 bridgehead atoms. The predicted molar refractivity (Wildman–Crippen MR) is 130 cm³/mol. The third-order valence-electron chi connectivity index (χ3n) is 5.62. The Morgan fingerprint density at radius 1 is 0.781 bits per heavy atom. The molecule has 1 atom stereocenters. The van der Waals surface area contributed by atoms with E-state index in [0.717, 1.165) is 27.6 Å². The highest BCUT2D eigenvalue weighted by atomic mass is 16.2. The number of hydrogen-bond acceptors (Lipinski definition) is 2. The van der Waals surface area contributed by atoms with Gasteiger partial charge < -0.3 is 10.2 Å². The van der Waals surface area contributed by atoms with Crippen molar-refractivity contribution < 1.29 is 9.59 Å². The summed E-state index contributed by atoms with van der Waals surface area (Å²) in [7, 11) is 1.74. The van der Waals surface area contributed by atoms with Gasteiger partial charge in [-0.2, -0.15) is 0 Å². The van der Waals surface area contributed by atoms with E-state index in [9.17, 15) is 9.59 Å². The first-order valence-corrected chi connectivity index (χ1v) is 10.7. The molecule has 0 saturated heterocycles. The van der Waals surface area contributed by atoms with Crippen LogP contribution in [-0.2, 0) is 22.4 Å². The van der Waals surface area contributed by atoms with Crippen LogP contribution < -0.4 is 10.2 Å². The maximum atomic E-state index is 13.4. The van der Waals surface area contributed by atoms with Crippen molar-refractivity contribution in [2.75, 3.05) is 11.9 Å². The minimum Gasteiger partial charge on any atom is -0.344 e. The summed E-state index contributed by atoms with van der Waals surface area (Å²) >= 11 is 0. The van der Waals surface area contributed by atoms with E-state index in [1.165, 1.54) is 0 Å². The van der Waals surface area contributed by atoms with Crippen LogP contribution in [0, 0.1) is 0 Å². The molecule has 160 valence electrons. The lowest BCUT2D eigenvalue weighted by Crippen LogP contribution is -2.49. The summed E-state index contributed by atoms with van der Waals surface area (Å²) in [6, 6.07) is 32.5. The van der Waals surface area contributed by atoms with Gasteiger partial charge in [-0.15, -0.1) is 0 Å². The summed E-state index contributed by atoms with van der Waals surface area (Å²) in [4.78, 5) is 28.0. The van der Waals surface area contributed by atoms with E-state index in [0.29, 0.717) is 6.42 Å². The Labute approximate surface area is 188 Å². The van der Waals surface area contributed by atoms with Crippen LogP contribution in [0.2, 0.25) is 0 Å². The molecule has 0 radical (unpaired) electrons. The van der Waals surface area contributed by atoms with Crippen LogP contribution >= 0.6 is 0 Å². The number of hydrogen-bond donors (Lipinski definition) is 1. The van der Waals surface area contributed by atoms with Gasteiger partial charge in [-0.3, -0.25) is 9.59 Å². The minimum atomic E-state index is -0.662. The van der Waals surface area contributed by atoms with Gasteiger partial charge >= 0.3 is 0 Å². The number of nitrogens with zero attached hydrogens (tertiary/aromatic N) is 1. The lowest BCUT2D eigenvalue weighted by Gasteiger charge is -2.25. The molecule has 0 fully saturated rings. The second-order valence-electron chi connectivity index (χ2n) is 7.86. The highest BCUT2D eigenvalue weighted by Crippen LogP contribution is 2.19. The van der Waals surface area contributed by atoms with Gasteiger partial charge in [0, 0.05) is 19.2 Å². The second kappa shape index (κ2) is 9.92. The molecule has 0 aromatic heterocycles. The molecule has 32 heavy (non-hydrogen) atoms. The van der Waals surface area contributed by atoms with Crippen LogP contribution in [-0.4, -0.2) is 24.9 Å². The zero-order valence-corrected chi connectivity index (χ0v) is 18.1. The number of likely N-dealkylation sites (N-methyl/N-ethyl adjacent to an activating group) is 1. The van der Waals surface area contributed by atoms with E-state index in [1.807, 2.05) is 103 Å². The second-order valence-corrected chi connectivity index (χ2v) is 7.86. The van der Waals surface area contributed by atoms with E-state index in [1.54, 1.807) is 11.9 Å². The van der Waals surface area contributed by atoms with Crippen LogP contribution in [0.1, 0.15) is 11.1 Å².